The molecule has 0 spiro atoms. The third-order valence-corrected chi connectivity index (χ3v) is 24.5. The fourth-order valence-corrected chi connectivity index (χ4v) is 17.6. The third-order valence-electron chi connectivity index (χ3n) is 21.4. The first-order valence-electron chi connectivity index (χ1n) is 40.8. The Kier molecular flexibility index (Phi) is 35.1. The number of nitrogens with one attached hydrogen (secondary N) is 3. The number of pyridine rings is 11. The molecular formula is C90H97Br7F2N28O7. The van der Waals surface area contributed by atoms with Gasteiger partial charge < -0.3 is 45.2 Å². The van der Waals surface area contributed by atoms with Gasteiger partial charge >= 0.3 is 0 Å². The van der Waals surface area contributed by atoms with Crippen LogP contribution in [-0.2, 0) is 75.1 Å². The second-order valence-electron chi connectivity index (χ2n) is 31.6. The van der Waals surface area contributed by atoms with E-state index in [1.165, 1.54) is 46.4 Å². The number of nitrogens with zero attached hydrogens (tertiary/aromatic N) is 22. The van der Waals surface area contributed by atoms with Crippen LogP contribution in [0.15, 0.2) is 187 Å². The molecule has 0 saturated carbocycles. The zero-order valence-electron chi connectivity index (χ0n) is 75.9. The van der Waals surface area contributed by atoms with Crippen LogP contribution in [0, 0.1) is 51.7 Å². The van der Waals surface area contributed by atoms with Crippen LogP contribution in [0.4, 0.5) is 43.3 Å². The van der Waals surface area contributed by atoms with Crippen molar-refractivity contribution in [1.29, 1.82) is 0 Å². The first-order chi connectivity index (χ1) is 63.0. The van der Waals surface area contributed by atoms with Crippen LogP contribution < -0.4 is 49.6 Å². The van der Waals surface area contributed by atoms with E-state index in [2.05, 4.69) is 231 Å². The number of nitrogens with two attached hydrogens (primary N) is 3. The number of aromatic amines is 1. The molecule has 134 heavy (non-hydrogen) atoms. The lowest BCUT2D eigenvalue weighted by Crippen LogP contribution is -2.41. The Labute approximate surface area is 826 Å². The number of fused-ring (bicyclic) bond motifs is 8. The Morgan fingerprint density at radius 3 is 1.57 bits per heavy atom. The monoisotopic (exact) mass is 2270 g/mol. The molecule has 35 nitrogen and oxygen atoms in total. The van der Waals surface area contributed by atoms with Crippen LogP contribution in [-0.4, -0.2) is 136 Å². The number of ketones is 1. The fraction of sp³-hybridized carbons (Fsp3) is 0.267. The van der Waals surface area contributed by atoms with Crippen molar-refractivity contribution in [2.75, 3.05) is 27.8 Å². The summed E-state index contributed by atoms with van der Waals surface area (Å²) in [7, 11) is 12.7. The van der Waals surface area contributed by atoms with Gasteiger partial charge in [0.25, 0.3) is 22.6 Å². The summed E-state index contributed by atoms with van der Waals surface area (Å²) in [5.74, 6) is 8.50. The largest absolute Gasteiger partial charge is 0.412 e. The number of Topliss-reactive ketones (excluding diaryl/α,β-unsaturated/α-hetero) is 1. The van der Waals surface area contributed by atoms with Gasteiger partial charge in [-0.2, -0.15) is 25.5 Å². The van der Waals surface area contributed by atoms with Gasteiger partial charge in [-0.15, -0.1) is 0 Å². The molecule has 0 saturated heterocycles. The number of aliphatic hydroxyl groups excluding tert-OH is 1. The van der Waals surface area contributed by atoms with E-state index >= 15 is 0 Å². The average Bonchev–Trinajstić information content (AvgIpc) is 1.58. The summed E-state index contributed by atoms with van der Waals surface area (Å²) in [4.78, 5) is 95.8. The van der Waals surface area contributed by atoms with Crippen molar-refractivity contribution in [2.45, 2.75) is 101 Å². The Bertz CT molecular complexity index is 7390. The highest BCUT2D eigenvalue weighted by Gasteiger charge is 2.38. The van der Waals surface area contributed by atoms with Gasteiger partial charge in [0.1, 0.15) is 74.4 Å². The van der Waals surface area contributed by atoms with Crippen molar-refractivity contribution in [1.82, 2.24) is 107 Å². The molecule has 2 aliphatic rings. The first kappa shape index (κ1) is 104. The second kappa shape index (κ2) is 45.1. The number of nitrogen functional groups attached to an aromatic ring is 1. The maximum Gasteiger partial charge on any atom is 0.276 e. The highest BCUT2D eigenvalue weighted by atomic mass is 79.9. The summed E-state index contributed by atoms with van der Waals surface area (Å²) in [6.45, 7) is 20.7. The Hall–Kier alpha value is -11.7. The van der Waals surface area contributed by atoms with Gasteiger partial charge in [-0.05, 0) is 269 Å². The number of aromatic nitrogens is 22. The highest BCUT2D eigenvalue weighted by Crippen LogP contribution is 2.41. The van der Waals surface area contributed by atoms with E-state index in [-0.39, 0.29) is 56.1 Å². The summed E-state index contributed by atoms with van der Waals surface area (Å²) in [5, 5.41) is 45.1. The molecule has 44 heteroatoms. The molecule has 18 heterocycles. The number of aliphatic hydroxyl groups is 1. The van der Waals surface area contributed by atoms with E-state index in [1.807, 2.05) is 132 Å². The minimum atomic E-state index is -0.797. The fourth-order valence-electron chi connectivity index (χ4n) is 14.9. The van der Waals surface area contributed by atoms with E-state index in [9.17, 15) is 32.8 Å². The van der Waals surface area contributed by atoms with E-state index in [4.69, 9.17) is 15.8 Å². The summed E-state index contributed by atoms with van der Waals surface area (Å²) >= 11 is 22.7. The number of hydrogen-bond acceptors (Lipinski definition) is 24. The number of H-pyrrole nitrogens is 1. The van der Waals surface area contributed by atoms with Gasteiger partial charge in [-0.1, -0.05) is 20.8 Å². The number of anilines is 6. The lowest BCUT2D eigenvalue weighted by molar-refractivity contribution is 0.0961. The number of rotatable bonds is 9. The van der Waals surface area contributed by atoms with Crippen LogP contribution in [0.3, 0.4) is 0 Å². The van der Waals surface area contributed by atoms with Gasteiger partial charge in [0.15, 0.2) is 11.6 Å². The van der Waals surface area contributed by atoms with E-state index in [1.54, 1.807) is 90.6 Å². The van der Waals surface area contributed by atoms with E-state index in [0.717, 1.165) is 160 Å². The lowest BCUT2D eigenvalue weighted by atomic mass is 9.90. The third kappa shape index (κ3) is 24.7. The smallest absolute Gasteiger partial charge is 0.276 e. The number of amides is 1. The van der Waals surface area contributed by atoms with Crippen LogP contribution in [0.25, 0.3) is 65.6 Å². The van der Waals surface area contributed by atoms with Gasteiger partial charge in [-0.3, -0.25) is 64.4 Å². The molecule has 0 radical (unpaired) electrons. The minimum absolute atomic E-state index is 0. The molecule has 0 aromatic carbocycles. The van der Waals surface area contributed by atoms with Gasteiger partial charge in [0.2, 0.25) is 0 Å². The van der Waals surface area contributed by atoms with Crippen LogP contribution in [0.2, 0.25) is 0 Å². The number of halogens is 9. The Balaban J connectivity index is 0.000000172. The van der Waals surface area contributed by atoms with Crippen molar-refractivity contribution in [3.05, 3.63) is 278 Å². The number of carbonyl (C=O) groups is 2. The number of hydrazine groups is 1. The normalized spacial score (nSPS) is 12.2. The van der Waals surface area contributed by atoms with E-state index < -0.39 is 17.7 Å². The molecular weight excluding hydrogens is 2180 g/mol. The number of carbonyl (C=O) groups excluding carboxylic acids is 2. The molecule has 1 amide bonds. The van der Waals surface area contributed by atoms with Crippen LogP contribution in [0.5, 0.6) is 0 Å². The van der Waals surface area contributed by atoms with Crippen molar-refractivity contribution in [2.24, 2.45) is 66.4 Å². The molecule has 17 aromatic heterocycles. The molecule has 0 fully saturated rings. The molecule has 1 unspecified atom stereocenters. The molecule has 1 aliphatic heterocycles. The Morgan fingerprint density at radius 1 is 0.552 bits per heavy atom. The summed E-state index contributed by atoms with van der Waals surface area (Å²) in [6.07, 6.45) is 19.8. The maximum absolute atomic E-state index is 13.9. The Morgan fingerprint density at radius 2 is 1.03 bits per heavy atom. The van der Waals surface area contributed by atoms with Crippen molar-refractivity contribution < 1.29 is 29.0 Å². The molecule has 0 bridgehead atoms. The lowest BCUT2D eigenvalue weighted by Gasteiger charge is -2.31. The second-order valence-corrected chi connectivity index (χ2v) is 37.5. The van der Waals surface area contributed by atoms with Crippen LogP contribution in [0.1, 0.15) is 112 Å². The predicted molar refractivity (Wildman–Crippen MR) is 542 cm³/mol. The first-order valence-corrected chi connectivity index (χ1v) is 46.3. The molecule has 17 aromatic rings. The molecule has 1 aliphatic carbocycles. The molecule has 702 valence electrons. The molecule has 12 N–H and O–H groups in total. The minimum Gasteiger partial charge on any atom is -0.412 e. The number of hydrogen-bond donors (Lipinski definition) is 7. The van der Waals surface area contributed by atoms with Gasteiger partial charge in [0.05, 0.1) is 94.4 Å². The van der Waals surface area contributed by atoms with Crippen molar-refractivity contribution >= 4 is 212 Å². The number of aryl methyl sites for hydroxylation is 12. The quantitative estimate of drug-likeness (QED) is 0.0305. The highest BCUT2D eigenvalue weighted by molar-refractivity contribution is 9.11. The van der Waals surface area contributed by atoms with Crippen molar-refractivity contribution in [3.8, 4) is 11.1 Å². The summed E-state index contributed by atoms with van der Waals surface area (Å²) in [6, 6.07) is 21.8. The maximum atomic E-state index is 13.9. The van der Waals surface area contributed by atoms with Gasteiger partial charge in [-0.25, -0.2) is 48.7 Å². The van der Waals surface area contributed by atoms with Crippen LogP contribution >= 0.6 is 112 Å². The topological polar surface area (TPSA) is 465 Å². The summed E-state index contributed by atoms with van der Waals surface area (Å²) < 4.78 is 44.7. The zero-order chi connectivity index (χ0) is 97.2. The van der Waals surface area contributed by atoms with Gasteiger partial charge in [0, 0.05) is 157 Å². The predicted octanol–water partition coefficient (Wildman–Crippen LogP) is 16.5. The summed E-state index contributed by atoms with van der Waals surface area (Å²) in [5.41, 5.74) is 22.7. The molecule has 1 atom stereocenters. The SMILES string of the molecule is CC(=O)c1cc(Br)ncc1F.CC(O)c1cc(Br)ncc1F.CCc1c(-c2cc(Nc3cc4c(C)nn(C)c4cn3)c(=O)n(C)c2)ccnc1N1CCn2c(cc3c2CC(C)(C)C3)C1=O.Cc1[nH]nc2cnc(Br)cc12.Cc1c2cc(Br)ncc2nn1C.Cc1nn(C)c2cnc(Br)cc12.Cc1nn(C)c2cnc(Nc3cc(Br)cn(C)c3=O)cc12.Cn1cc(Br)cc(N)c1=O.NN.O. The zero-order valence-corrected chi connectivity index (χ0v) is 87.0. The van der Waals surface area contributed by atoms with E-state index in [0.29, 0.717) is 51.0 Å². The molecule has 19 rings (SSSR count). The standard InChI is InChI=1S/C33H36N8O2.C14H14BrN5O.2C8H8BrN3.C7H7BrFNO.C7H5BrFNO.C7H6BrN3.C6H7BrN2O.H4N2.H2O/c1-7-22-23(8-9-34-30(22)41-11-10-40-26(32(41)43)13-20-15-33(3,4)16-27(20)40)21-12-25(31(42)38(5)18-21)36-29-14-24-19(2)37-39(6)28(24)17-35-29;1-8-10-5-13(16-6-12(10)20(3)18-8)17-11-4-9(15)7-19(2)14(11)21;1-5-6-3-8(9)10-4-7(6)11-12(5)2;1-5-6-3-8(9)10-4-7(6)12(2)11-5;2*1-4(11)5-2-7(8)10-3-6(5)9;1-4-5-2-7(8)9-3-6(5)11-10-4;1-9-3-4(7)2-5(8)6(9)10;1-2;/h8-9,12-14,17-18H,7,10-11,15-16H2,1-6H3,(H,35,36);4-7H,1-3H3,(H,16,17);2*3-4H,1-2H3;2-4,11H,1H3;2-3H,1H3;2-3H,1H3,(H,10,11);2-3H,8H2,1H3;1-2H2;1H2. The average molecular weight is 2280 g/mol. The van der Waals surface area contributed by atoms with Crippen molar-refractivity contribution in [3.63, 3.8) is 0 Å².